The van der Waals surface area contributed by atoms with Crippen molar-refractivity contribution >= 4 is 0 Å². The number of rotatable bonds is 2. The largest absolute Gasteiger partial charge is 0.346 e. The van der Waals surface area contributed by atoms with Crippen LogP contribution in [0.3, 0.4) is 0 Å². The predicted octanol–water partition coefficient (Wildman–Crippen LogP) is 1.96. The van der Waals surface area contributed by atoms with E-state index in [0.717, 1.165) is 19.6 Å². The second-order valence-electron chi connectivity index (χ2n) is 3.12. The highest BCUT2D eigenvalue weighted by atomic mass is 16.7. The third kappa shape index (κ3) is 2.04. The van der Waals surface area contributed by atoms with E-state index in [2.05, 4.69) is 13.5 Å². The quantitative estimate of drug-likeness (QED) is 0.569. The fourth-order valence-electron chi connectivity index (χ4n) is 1.01. The second-order valence-corrected chi connectivity index (χ2v) is 3.12. The zero-order valence-corrected chi connectivity index (χ0v) is 7.30. The Kier molecular flexibility index (Phi) is 2.68. The van der Waals surface area contributed by atoms with Crippen molar-refractivity contribution in [3.05, 3.63) is 12.7 Å². The Hall–Kier alpha value is -0.340. The third-order valence-corrected chi connectivity index (χ3v) is 2.16. The fraction of sp³-hybridized carbons (Fsp3) is 0.778. The number of hydrogen-bond acceptors (Lipinski definition) is 2. The van der Waals surface area contributed by atoms with Gasteiger partial charge in [0.1, 0.15) is 0 Å². The zero-order chi connectivity index (χ0) is 8.32. The first-order chi connectivity index (χ1) is 5.20. The first-order valence-electron chi connectivity index (χ1n) is 4.11. The molecule has 0 bridgehead atoms. The van der Waals surface area contributed by atoms with Gasteiger partial charge in [-0.15, -0.1) is 0 Å². The molecule has 0 aliphatic carbocycles. The summed E-state index contributed by atoms with van der Waals surface area (Å²) in [7, 11) is 0. The summed E-state index contributed by atoms with van der Waals surface area (Å²) in [5.41, 5.74) is 0. The van der Waals surface area contributed by atoms with E-state index >= 15 is 0 Å². The Morgan fingerprint density at radius 1 is 1.55 bits per heavy atom. The van der Waals surface area contributed by atoms with E-state index in [4.69, 9.17) is 9.47 Å². The molecule has 0 spiro atoms. The molecule has 0 radical (unpaired) electrons. The Morgan fingerprint density at radius 3 is 2.45 bits per heavy atom. The molecule has 0 aromatic carbocycles. The van der Waals surface area contributed by atoms with E-state index in [1.54, 1.807) is 6.08 Å². The normalized spacial score (nSPS) is 38.5. The molecule has 64 valence electrons. The Morgan fingerprint density at radius 2 is 2.09 bits per heavy atom. The van der Waals surface area contributed by atoms with E-state index in [1.165, 1.54) is 0 Å². The molecule has 11 heavy (non-hydrogen) atoms. The average molecular weight is 156 g/mol. The molecule has 1 aliphatic heterocycles. The van der Waals surface area contributed by atoms with Crippen LogP contribution in [0.1, 0.15) is 20.3 Å². The van der Waals surface area contributed by atoms with E-state index in [-0.39, 0.29) is 0 Å². The molecule has 1 aliphatic rings. The smallest absolute Gasteiger partial charge is 0.184 e. The lowest BCUT2D eigenvalue weighted by atomic mass is 10.1. The highest BCUT2D eigenvalue weighted by Gasteiger charge is 2.28. The van der Waals surface area contributed by atoms with Crippen molar-refractivity contribution < 1.29 is 9.47 Å². The van der Waals surface area contributed by atoms with Crippen molar-refractivity contribution in [2.45, 2.75) is 26.1 Å². The molecule has 1 saturated heterocycles. The first-order valence-corrected chi connectivity index (χ1v) is 4.11. The molecule has 0 aromatic rings. The monoisotopic (exact) mass is 156 g/mol. The summed E-state index contributed by atoms with van der Waals surface area (Å²) in [6.45, 7) is 9.28. The van der Waals surface area contributed by atoms with Gasteiger partial charge in [-0.25, -0.2) is 0 Å². The van der Waals surface area contributed by atoms with Gasteiger partial charge in [0.25, 0.3) is 0 Å². The van der Waals surface area contributed by atoms with Gasteiger partial charge >= 0.3 is 0 Å². The molecule has 0 saturated carbocycles. The van der Waals surface area contributed by atoms with Gasteiger partial charge in [0.15, 0.2) is 5.79 Å². The van der Waals surface area contributed by atoms with Crippen LogP contribution >= 0.6 is 0 Å². The van der Waals surface area contributed by atoms with Gasteiger partial charge in [-0.05, 0) is 19.4 Å². The Bertz CT molecular complexity index is 134. The maximum Gasteiger partial charge on any atom is 0.184 e. The zero-order valence-electron chi connectivity index (χ0n) is 7.30. The molecular formula is C9H16O2. The van der Waals surface area contributed by atoms with Crippen LogP contribution in [0.5, 0.6) is 0 Å². The molecule has 0 aromatic heterocycles. The standard InChI is InChI=1S/C9H16O2/c1-4-8-6-10-9(3,5-2)11-7-8/h5,8H,2,4,6-7H2,1,3H3. The molecule has 2 nitrogen and oxygen atoms in total. The van der Waals surface area contributed by atoms with Crippen LogP contribution in [0.25, 0.3) is 0 Å². The lowest BCUT2D eigenvalue weighted by Crippen LogP contribution is -2.39. The van der Waals surface area contributed by atoms with Crippen molar-refractivity contribution in [2.24, 2.45) is 5.92 Å². The van der Waals surface area contributed by atoms with Crippen LogP contribution in [0.15, 0.2) is 12.7 Å². The fourth-order valence-corrected chi connectivity index (χ4v) is 1.01. The summed E-state index contributed by atoms with van der Waals surface area (Å²) in [6, 6.07) is 0. The number of hydrogen-bond donors (Lipinski definition) is 0. The SMILES string of the molecule is C=CC1(C)OCC(CC)CO1. The Balaban J connectivity index is 2.41. The summed E-state index contributed by atoms with van der Waals surface area (Å²) in [4.78, 5) is 0. The Labute approximate surface area is 68.2 Å². The van der Waals surface area contributed by atoms with E-state index < -0.39 is 5.79 Å². The van der Waals surface area contributed by atoms with Gasteiger partial charge in [-0.1, -0.05) is 13.5 Å². The molecule has 2 heteroatoms. The average Bonchev–Trinajstić information content (AvgIpc) is 2.06. The summed E-state index contributed by atoms with van der Waals surface area (Å²) >= 11 is 0. The van der Waals surface area contributed by atoms with Gasteiger partial charge in [-0.2, -0.15) is 0 Å². The summed E-state index contributed by atoms with van der Waals surface area (Å²) < 4.78 is 11.0. The third-order valence-electron chi connectivity index (χ3n) is 2.16. The maximum absolute atomic E-state index is 5.48. The van der Waals surface area contributed by atoms with Crippen LogP contribution in [-0.4, -0.2) is 19.0 Å². The molecule has 0 atom stereocenters. The van der Waals surface area contributed by atoms with Gasteiger partial charge in [-0.3, -0.25) is 0 Å². The van der Waals surface area contributed by atoms with E-state index in [1.807, 2.05) is 6.92 Å². The molecular weight excluding hydrogens is 140 g/mol. The summed E-state index contributed by atoms with van der Waals surface area (Å²) in [6.07, 6.45) is 2.83. The van der Waals surface area contributed by atoms with Crippen LogP contribution in [0.2, 0.25) is 0 Å². The summed E-state index contributed by atoms with van der Waals surface area (Å²) in [5, 5.41) is 0. The van der Waals surface area contributed by atoms with Crippen molar-refractivity contribution in [2.75, 3.05) is 13.2 Å². The maximum atomic E-state index is 5.48. The van der Waals surface area contributed by atoms with Gasteiger partial charge in [0.05, 0.1) is 13.2 Å². The highest BCUT2D eigenvalue weighted by molar-refractivity contribution is 4.87. The molecule has 0 unspecified atom stereocenters. The second kappa shape index (κ2) is 3.37. The van der Waals surface area contributed by atoms with Gasteiger partial charge in [0.2, 0.25) is 0 Å². The predicted molar refractivity (Wildman–Crippen MR) is 44.3 cm³/mol. The first kappa shape index (κ1) is 8.75. The lowest BCUT2D eigenvalue weighted by Gasteiger charge is -2.35. The minimum atomic E-state index is -0.536. The lowest BCUT2D eigenvalue weighted by molar-refractivity contribution is -0.243. The minimum absolute atomic E-state index is 0.536. The van der Waals surface area contributed by atoms with Crippen LogP contribution in [-0.2, 0) is 9.47 Å². The molecule has 1 rings (SSSR count). The van der Waals surface area contributed by atoms with Crippen molar-refractivity contribution in [3.63, 3.8) is 0 Å². The molecule has 0 N–H and O–H groups in total. The van der Waals surface area contributed by atoms with Crippen molar-refractivity contribution in [3.8, 4) is 0 Å². The van der Waals surface area contributed by atoms with E-state index in [0.29, 0.717) is 5.92 Å². The van der Waals surface area contributed by atoms with Crippen LogP contribution in [0.4, 0.5) is 0 Å². The van der Waals surface area contributed by atoms with Crippen LogP contribution in [0, 0.1) is 5.92 Å². The topological polar surface area (TPSA) is 18.5 Å². The minimum Gasteiger partial charge on any atom is -0.346 e. The molecule has 1 fully saturated rings. The molecule has 0 amide bonds. The van der Waals surface area contributed by atoms with Gasteiger partial charge in [0, 0.05) is 5.92 Å². The van der Waals surface area contributed by atoms with Gasteiger partial charge < -0.3 is 9.47 Å². The van der Waals surface area contributed by atoms with Crippen molar-refractivity contribution in [1.82, 2.24) is 0 Å². The van der Waals surface area contributed by atoms with Crippen molar-refractivity contribution in [1.29, 1.82) is 0 Å². The van der Waals surface area contributed by atoms with Crippen LogP contribution < -0.4 is 0 Å². The number of ether oxygens (including phenoxy) is 2. The molecule has 1 heterocycles. The highest BCUT2D eigenvalue weighted by Crippen LogP contribution is 2.23. The van der Waals surface area contributed by atoms with E-state index in [9.17, 15) is 0 Å². The summed E-state index contributed by atoms with van der Waals surface area (Å²) in [5.74, 6) is 0.0223.